The third-order valence-corrected chi connectivity index (χ3v) is 4.64. The van der Waals surface area contributed by atoms with Crippen LogP contribution in [0.5, 0.6) is 5.75 Å². The highest BCUT2D eigenvalue weighted by Crippen LogP contribution is 2.26. The molecule has 1 heterocycles. The molecule has 0 amide bonds. The van der Waals surface area contributed by atoms with Crippen molar-refractivity contribution in [3.8, 4) is 5.75 Å². The number of carbonyl (C=O) groups is 1. The van der Waals surface area contributed by atoms with Crippen molar-refractivity contribution >= 4 is 17.7 Å². The second kappa shape index (κ2) is 7.55. The topological polar surface area (TPSA) is 47.6 Å². The molecule has 2 rings (SSSR count). The molecule has 0 aromatic heterocycles. The number of hydrogen-bond donors (Lipinski definition) is 1. The van der Waals surface area contributed by atoms with Gasteiger partial charge >= 0.3 is 5.97 Å². The van der Waals surface area contributed by atoms with Gasteiger partial charge < -0.3 is 14.8 Å². The molecular weight excluding hydrogens is 274 g/mol. The molecule has 5 heteroatoms. The fraction of sp³-hybridized carbons (Fsp3) is 0.533. The van der Waals surface area contributed by atoms with E-state index >= 15 is 0 Å². The van der Waals surface area contributed by atoms with Crippen LogP contribution < -0.4 is 10.1 Å². The van der Waals surface area contributed by atoms with Gasteiger partial charge in [-0.05, 0) is 31.0 Å². The van der Waals surface area contributed by atoms with E-state index in [0.29, 0.717) is 11.9 Å². The summed E-state index contributed by atoms with van der Waals surface area (Å²) in [6.45, 7) is 3.15. The number of benzene rings is 1. The molecule has 20 heavy (non-hydrogen) atoms. The average Bonchev–Trinajstić information content (AvgIpc) is 2.95. The largest absolute Gasteiger partial charge is 0.497 e. The molecule has 1 aliphatic rings. The lowest BCUT2D eigenvalue weighted by Crippen LogP contribution is -2.32. The quantitative estimate of drug-likeness (QED) is 0.816. The molecule has 0 radical (unpaired) electrons. The minimum absolute atomic E-state index is 0.125. The van der Waals surface area contributed by atoms with Gasteiger partial charge in [-0.3, -0.25) is 4.79 Å². The van der Waals surface area contributed by atoms with Gasteiger partial charge in [0.2, 0.25) is 0 Å². The molecule has 0 saturated carbocycles. The monoisotopic (exact) mass is 295 g/mol. The summed E-state index contributed by atoms with van der Waals surface area (Å²) in [4.78, 5) is 11.6. The number of thioether (sulfide) groups is 1. The van der Waals surface area contributed by atoms with Gasteiger partial charge in [-0.1, -0.05) is 12.1 Å². The normalized spacial score (nSPS) is 21.7. The van der Waals surface area contributed by atoms with E-state index in [1.165, 1.54) is 5.56 Å². The van der Waals surface area contributed by atoms with E-state index < -0.39 is 0 Å². The van der Waals surface area contributed by atoms with E-state index in [0.717, 1.165) is 24.5 Å². The molecule has 1 N–H and O–H groups in total. The molecule has 2 atom stereocenters. The van der Waals surface area contributed by atoms with E-state index in [1.807, 2.05) is 30.8 Å². The van der Waals surface area contributed by atoms with Crippen molar-refractivity contribution in [1.29, 1.82) is 0 Å². The van der Waals surface area contributed by atoms with E-state index in [2.05, 4.69) is 17.4 Å². The van der Waals surface area contributed by atoms with Gasteiger partial charge in [0.15, 0.2) is 0 Å². The molecule has 1 fully saturated rings. The van der Waals surface area contributed by atoms with E-state index in [-0.39, 0.29) is 12.0 Å². The van der Waals surface area contributed by atoms with Crippen LogP contribution in [0.4, 0.5) is 0 Å². The Kier molecular flexibility index (Phi) is 5.73. The molecule has 4 nitrogen and oxygen atoms in total. The van der Waals surface area contributed by atoms with Crippen LogP contribution in [0, 0.1) is 0 Å². The Morgan fingerprint density at radius 1 is 1.40 bits per heavy atom. The fourth-order valence-corrected chi connectivity index (χ4v) is 3.35. The van der Waals surface area contributed by atoms with Crippen LogP contribution >= 0.6 is 11.8 Å². The molecular formula is C15H21NO3S. The minimum Gasteiger partial charge on any atom is -0.497 e. The zero-order valence-corrected chi connectivity index (χ0v) is 12.7. The number of methoxy groups -OCH3 is 1. The second-order valence-corrected chi connectivity index (χ2v) is 6.02. The smallest absolute Gasteiger partial charge is 0.323 e. The van der Waals surface area contributed by atoms with Crippen molar-refractivity contribution in [2.24, 2.45) is 0 Å². The summed E-state index contributed by atoms with van der Waals surface area (Å²) in [5.74, 6) is 1.70. The van der Waals surface area contributed by atoms with Crippen molar-refractivity contribution in [3.63, 3.8) is 0 Å². The van der Waals surface area contributed by atoms with Gasteiger partial charge in [0.25, 0.3) is 0 Å². The first-order chi connectivity index (χ1) is 9.72. The number of rotatable bonds is 6. The highest BCUT2D eigenvalue weighted by atomic mass is 32.2. The highest BCUT2D eigenvalue weighted by Gasteiger charge is 2.30. The summed E-state index contributed by atoms with van der Waals surface area (Å²) in [5.41, 5.74) is 1.27. The summed E-state index contributed by atoms with van der Waals surface area (Å²) >= 11 is 1.88. The number of esters is 1. The molecule has 1 aliphatic heterocycles. The maximum atomic E-state index is 11.6. The van der Waals surface area contributed by atoms with Crippen LogP contribution in [0.25, 0.3) is 0 Å². The predicted molar refractivity (Wildman–Crippen MR) is 81.1 cm³/mol. The van der Waals surface area contributed by atoms with Crippen LogP contribution in [-0.2, 0) is 15.3 Å². The van der Waals surface area contributed by atoms with Crippen molar-refractivity contribution < 1.29 is 14.3 Å². The number of nitrogens with one attached hydrogen (secondary N) is 1. The SMILES string of the molecule is CCOC(=O)[C@@H]1C[C@H](SCc2ccc(OC)cc2)CN1. The summed E-state index contributed by atoms with van der Waals surface area (Å²) in [6, 6.07) is 7.98. The molecule has 1 aromatic carbocycles. The molecule has 0 bridgehead atoms. The van der Waals surface area contributed by atoms with Gasteiger partial charge in [0.1, 0.15) is 11.8 Å². The maximum Gasteiger partial charge on any atom is 0.323 e. The Labute approximate surface area is 124 Å². The van der Waals surface area contributed by atoms with Gasteiger partial charge in [-0.25, -0.2) is 0 Å². The highest BCUT2D eigenvalue weighted by molar-refractivity contribution is 7.99. The van der Waals surface area contributed by atoms with Crippen LogP contribution in [0.2, 0.25) is 0 Å². The van der Waals surface area contributed by atoms with E-state index in [9.17, 15) is 4.79 Å². The van der Waals surface area contributed by atoms with E-state index in [1.54, 1.807) is 7.11 Å². The lowest BCUT2D eigenvalue weighted by Gasteiger charge is -2.10. The Morgan fingerprint density at radius 2 is 2.15 bits per heavy atom. The number of hydrogen-bond acceptors (Lipinski definition) is 5. The molecule has 110 valence electrons. The third kappa shape index (κ3) is 4.15. The first-order valence-corrected chi connectivity index (χ1v) is 7.92. The first kappa shape index (κ1) is 15.2. The van der Waals surface area contributed by atoms with Crippen LogP contribution in [0.15, 0.2) is 24.3 Å². The van der Waals surface area contributed by atoms with Crippen LogP contribution in [-0.4, -0.2) is 37.5 Å². The maximum absolute atomic E-state index is 11.6. The lowest BCUT2D eigenvalue weighted by molar-refractivity contribution is -0.145. The molecule has 1 saturated heterocycles. The molecule has 1 aromatic rings. The van der Waals surface area contributed by atoms with Gasteiger partial charge in [-0.15, -0.1) is 0 Å². The molecule has 0 spiro atoms. The summed E-state index contributed by atoms with van der Waals surface area (Å²) < 4.78 is 10.2. The van der Waals surface area contributed by atoms with Gasteiger partial charge in [0.05, 0.1) is 13.7 Å². The van der Waals surface area contributed by atoms with E-state index in [4.69, 9.17) is 9.47 Å². The van der Waals surface area contributed by atoms with Crippen LogP contribution in [0.3, 0.4) is 0 Å². The van der Waals surface area contributed by atoms with Crippen molar-refractivity contribution in [2.45, 2.75) is 30.4 Å². The minimum atomic E-state index is -0.136. The summed E-state index contributed by atoms with van der Waals surface area (Å²) in [5, 5.41) is 3.69. The molecule has 0 aliphatic carbocycles. The zero-order valence-electron chi connectivity index (χ0n) is 11.9. The predicted octanol–water partition coefficient (Wildman–Crippen LogP) is 2.22. The van der Waals surface area contributed by atoms with Crippen LogP contribution in [0.1, 0.15) is 18.9 Å². The lowest BCUT2D eigenvalue weighted by atomic mass is 10.2. The molecule has 0 unspecified atom stereocenters. The average molecular weight is 295 g/mol. The summed E-state index contributed by atoms with van der Waals surface area (Å²) in [7, 11) is 1.67. The Balaban J connectivity index is 1.76. The van der Waals surface area contributed by atoms with Crippen molar-refractivity contribution in [3.05, 3.63) is 29.8 Å². The van der Waals surface area contributed by atoms with Gasteiger partial charge in [-0.2, -0.15) is 11.8 Å². The number of carbonyl (C=O) groups excluding carboxylic acids is 1. The standard InChI is InChI=1S/C15H21NO3S/c1-3-19-15(17)14-8-13(9-16-14)20-10-11-4-6-12(18-2)7-5-11/h4-7,13-14,16H,3,8-10H2,1-2H3/t13-,14-/m0/s1. The fourth-order valence-electron chi connectivity index (χ4n) is 2.19. The Hall–Kier alpha value is -1.20. The first-order valence-electron chi connectivity index (χ1n) is 6.87. The Bertz CT molecular complexity index is 435. The second-order valence-electron chi connectivity index (χ2n) is 4.73. The van der Waals surface area contributed by atoms with Crippen molar-refractivity contribution in [1.82, 2.24) is 5.32 Å². The zero-order chi connectivity index (χ0) is 14.4. The summed E-state index contributed by atoms with van der Waals surface area (Å²) in [6.07, 6.45) is 0.847. The number of ether oxygens (including phenoxy) is 2. The van der Waals surface area contributed by atoms with Crippen molar-refractivity contribution in [2.75, 3.05) is 20.3 Å². The van der Waals surface area contributed by atoms with Gasteiger partial charge in [0, 0.05) is 17.5 Å². The Morgan fingerprint density at radius 3 is 2.80 bits per heavy atom. The third-order valence-electron chi connectivity index (χ3n) is 3.31.